The van der Waals surface area contributed by atoms with Gasteiger partial charge in [-0.2, -0.15) is 5.10 Å². The Morgan fingerprint density at radius 1 is 1.38 bits per heavy atom. The second-order valence-electron chi connectivity index (χ2n) is 4.49. The molecule has 3 heteroatoms. The van der Waals surface area contributed by atoms with Gasteiger partial charge in [-0.15, -0.1) is 0 Å². The highest BCUT2D eigenvalue weighted by Gasteiger charge is 2.32. The Morgan fingerprint density at radius 3 is 2.69 bits per heavy atom. The largest absolute Gasteiger partial charge is 0.369 e. The lowest BCUT2D eigenvalue weighted by Crippen LogP contribution is -2.38. The van der Waals surface area contributed by atoms with E-state index in [2.05, 4.69) is 36.5 Å². The third-order valence-electron chi connectivity index (χ3n) is 2.91. The van der Waals surface area contributed by atoms with E-state index in [1.54, 1.807) is 0 Å². The molecule has 0 amide bonds. The maximum atomic E-state index is 10.2. The summed E-state index contributed by atoms with van der Waals surface area (Å²) in [6.45, 7) is 4.12. The number of benzene rings is 1. The van der Waals surface area contributed by atoms with Crippen molar-refractivity contribution >= 4 is 5.71 Å². The van der Waals surface area contributed by atoms with Crippen LogP contribution in [0.25, 0.3) is 0 Å². The van der Waals surface area contributed by atoms with Crippen LogP contribution >= 0.6 is 0 Å². The van der Waals surface area contributed by atoms with Gasteiger partial charge in [0, 0.05) is 6.42 Å². The minimum absolute atomic E-state index is 0.587. The van der Waals surface area contributed by atoms with Crippen molar-refractivity contribution in [1.29, 1.82) is 0 Å². The van der Waals surface area contributed by atoms with E-state index in [0.29, 0.717) is 6.42 Å². The fourth-order valence-electron chi connectivity index (χ4n) is 2.00. The van der Waals surface area contributed by atoms with E-state index in [1.165, 1.54) is 5.56 Å². The lowest BCUT2D eigenvalue weighted by atomic mass is 9.98. The van der Waals surface area contributed by atoms with Crippen molar-refractivity contribution < 1.29 is 5.11 Å². The molecule has 86 valence electrons. The average molecular weight is 218 g/mol. The van der Waals surface area contributed by atoms with Gasteiger partial charge in [-0.1, -0.05) is 43.2 Å². The van der Waals surface area contributed by atoms with Crippen LogP contribution in [0.5, 0.6) is 0 Å². The van der Waals surface area contributed by atoms with Crippen LogP contribution < -0.4 is 5.43 Å². The molecule has 1 aromatic rings. The molecule has 0 aliphatic carbocycles. The van der Waals surface area contributed by atoms with E-state index in [0.717, 1.165) is 24.1 Å². The Morgan fingerprint density at radius 2 is 2.06 bits per heavy atom. The summed E-state index contributed by atoms with van der Waals surface area (Å²) in [5.41, 5.74) is 5.27. The molecule has 0 aromatic heterocycles. The molecule has 0 radical (unpaired) electrons. The minimum Gasteiger partial charge on any atom is -0.369 e. The third kappa shape index (κ3) is 2.25. The van der Waals surface area contributed by atoms with Gasteiger partial charge in [-0.25, -0.2) is 0 Å². The predicted molar refractivity (Wildman–Crippen MR) is 65.3 cm³/mol. The maximum Gasteiger partial charge on any atom is 0.156 e. The molecule has 16 heavy (non-hydrogen) atoms. The van der Waals surface area contributed by atoms with E-state index >= 15 is 0 Å². The van der Waals surface area contributed by atoms with Crippen molar-refractivity contribution in [1.82, 2.24) is 5.43 Å². The van der Waals surface area contributed by atoms with E-state index in [9.17, 15) is 5.11 Å². The van der Waals surface area contributed by atoms with Crippen LogP contribution in [0.2, 0.25) is 0 Å². The van der Waals surface area contributed by atoms with Crippen molar-refractivity contribution in [3.05, 3.63) is 35.4 Å². The summed E-state index contributed by atoms with van der Waals surface area (Å²) in [6.07, 6.45) is 2.26. The second-order valence-corrected chi connectivity index (χ2v) is 4.49. The van der Waals surface area contributed by atoms with Crippen molar-refractivity contribution in [2.75, 3.05) is 0 Å². The Bertz CT molecular complexity index is 397. The molecular formula is C13H18N2O. The molecule has 1 unspecified atom stereocenters. The molecule has 2 rings (SSSR count). The van der Waals surface area contributed by atoms with Crippen LogP contribution in [0.4, 0.5) is 0 Å². The average Bonchev–Trinajstić information content (AvgIpc) is 2.62. The van der Waals surface area contributed by atoms with Crippen LogP contribution in [0.3, 0.4) is 0 Å². The summed E-state index contributed by atoms with van der Waals surface area (Å²) in [5, 5.41) is 14.4. The molecule has 1 aliphatic rings. The van der Waals surface area contributed by atoms with E-state index in [4.69, 9.17) is 0 Å². The first-order chi connectivity index (χ1) is 7.63. The fraction of sp³-hybridized carbons (Fsp3) is 0.462. The zero-order chi connectivity index (χ0) is 11.6. The van der Waals surface area contributed by atoms with Gasteiger partial charge in [0.05, 0.1) is 5.71 Å². The van der Waals surface area contributed by atoms with Gasteiger partial charge in [-0.3, -0.25) is 5.43 Å². The normalized spacial score (nSPS) is 24.1. The summed E-state index contributed by atoms with van der Waals surface area (Å²) < 4.78 is 0. The molecule has 0 fully saturated rings. The smallest absolute Gasteiger partial charge is 0.156 e. The third-order valence-corrected chi connectivity index (χ3v) is 2.91. The molecular weight excluding hydrogens is 200 g/mol. The first-order valence-corrected chi connectivity index (χ1v) is 5.76. The van der Waals surface area contributed by atoms with E-state index in [1.807, 2.05) is 12.1 Å². The number of hydrazone groups is 1. The molecule has 0 bridgehead atoms. The molecule has 1 aliphatic heterocycles. The Balaban J connectivity index is 2.11. The number of aryl methyl sites for hydroxylation is 1. The number of rotatable bonds is 3. The van der Waals surface area contributed by atoms with Crippen molar-refractivity contribution in [3.8, 4) is 0 Å². The zero-order valence-corrected chi connectivity index (χ0v) is 9.83. The zero-order valence-electron chi connectivity index (χ0n) is 9.83. The quantitative estimate of drug-likeness (QED) is 0.816. The molecule has 0 saturated carbocycles. The SMILES string of the molecule is CCCC1(O)CC(c2ccc(C)cc2)=NN1. The molecule has 0 saturated heterocycles. The molecule has 2 N–H and O–H groups in total. The number of hydrogen-bond donors (Lipinski definition) is 2. The monoisotopic (exact) mass is 218 g/mol. The minimum atomic E-state index is -0.838. The van der Waals surface area contributed by atoms with Gasteiger partial charge in [0.1, 0.15) is 0 Å². The standard InChI is InChI=1S/C13H18N2O/c1-3-8-13(16)9-12(14-15-13)11-6-4-10(2)5-7-11/h4-7,15-16H,3,8-9H2,1-2H3. The second kappa shape index (κ2) is 4.26. The molecule has 0 spiro atoms. The van der Waals surface area contributed by atoms with E-state index in [-0.39, 0.29) is 0 Å². The van der Waals surface area contributed by atoms with Crippen molar-refractivity contribution in [2.45, 2.75) is 38.8 Å². The van der Waals surface area contributed by atoms with Gasteiger partial charge >= 0.3 is 0 Å². The molecule has 1 heterocycles. The van der Waals surface area contributed by atoms with Crippen molar-refractivity contribution in [3.63, 3.8) is 0 Å². The van der Waals surface area contributed by atoms with E-state index < -0.39 is 5.72 Å². The topological polar surface area (TPSA) is 44.6 Å². The van der Waals surface area contributed by atoms with Crippen LogP contribution in [0, 0.1) is 6.92 Å². The summed E-state index contributed by atoms with van der Waals surface area (Å²) >= 11 is 0. The van der Waals surface area contributed by atoms with Crippen LogP contribution in [0.1, 0.15) is 37.3 Å². The highest BCUT2D eigenvalue weighted by atomic mass is 16.3. The molecule has 1 atom stereocenters. The highest BCUT2D eigenvalue weighted by molar-refractivity contribution is 6.02. The summed E-state index contributed by atoms with van der Waals surface area (Å²) in [7, 11) is 0. The summed E-state index contributed by atoms with van der Waals surface area (Å²) in [6, 6.07) is 8.23. The Labute approximate surface area is 96.2 Å². The highest BCUT2D eigenvalue weighted by Crippen LogP contribution is 2.23. The fourth-order valence-corrected chi connectivity index (χ4v) is 2.00. The number of nitrogens with one attached hydrogen (secondary N) is 1. The number of hydrogen-bond acceptors (Lipinski definition) is 3. The maximum absolute atomic E-state index is 10.2. The van der Waals surface area contributed by atoms with Gasteiger partial charge in [0.2, 0.25) is 0 Å². The molecule has 3 nitrogen and oxygen atoms in total. The predicted octanol–water partition coefficient (Wildman–Crippen LogP) is 2.18. The first kappa shape index (κ1) is 11.1. The Hall–Kier alpha value is -1.35. The van der Waals surface area contributed by atoms with Crippen LogP contribution in [-0.2, 0) is 0 Å². The van der Waals surface area contributed by atoms with Crippen molar-refractivity contribution in [2.24, 2.45) is 5.10 Å². The first-order valence-electron chi connectivity index (χ1n) is 5.76. The van der Waals surface area contributed by atoms with Crippen LogP contribution in [0.15, 0.2) is 29.4 Å². The molecule has 1 aromatic carbocycles. The summed E-state index contributed by atoms with van der Waals surface area (Å²) in [4.78, 5) is 0. The lowest BCUT2D eigenvalue weighted by molar-refractivity contribution is 0.0141. The number of nitrogens with zero attached hydrogens (tertiary/aromatic N) is 1. The number of aliphatic hydroxyl groups is 1. The Kier molecular flexibility index (Phi) is 2.97. The van der Waals surface area contributed by atoms with Gasteiger partial charge < -0.3 is 5.11 Å². The lowest BCUT2D eigenvalue weighted by Gasteiger charge is -2.20. The van der Waals surface area contributed by atoms with Crippen LogP contribution in [-0.4, -0.2) is 16.5 Å². The van der Waals surface area contributed by atoms with Gasteiger partial charge in [0.15, 0.2) is 5.72 Å². The van der Waals surface area contributed by atoms with Gasteiger partial charge in [-0.05, 0) is 18.9 Å². The van der Waals surface area contributed by atoms with Gasteiger partial charge in [0.25, 0.3) is 0 Å². The summed E-state index contributed by atoms with van der Waals surface area (Å²) in [5.74, 6) is 0.